The Bertz CT molecular complexity index is 317. The van der Waals surface area contributed by atoms with Gasteiger partial charge in [-0.25, -0.2) is 5.73 Å². The molecule has 5 nitrogen and oxygen atoms in total. The van der Waals surface area contributed by atoms with E-state index in [-0.39, 0.29) is 6.54 Å². The van der Waals surface area contributed by atoms with E-state index >= 15 is 0 Å². The molecule has 1 atom stereocenters. The molecule has 80 valence electrons. The van der Waals surface area contributed by atoms with Gasteiger partial charge >= 0.3 is 0 Å². The van der Waals surface area contributed by atoms with Crippen molar-refractivity contribution in [2.75, 3.05) is 13.1 Å². The van der Waals surface area contributed by atoms with Crippen molar-refractivity contribution in [2.24, 2.45) is 0 Å². The zero-order chi connectivity index (χ0) is 10.7. The highest BCUT2D eigenvalue weighted by atomic mass is 16.5. The van der Waals surface area contributed by atoms with Crippen LogP contribution in [-0.4, -0.2) is 35.5 Å². The molecule has 1 fully saturated rings. The van der Waals surface area contributed by atoms with Crippen molar-refractivity contribution >= 4 is 7.41 Å². The van der Waals surface area contributed by atoms with Crippen molar-refractivity contribution in [1.29, 1.82) is 0 Å². The lowest BCUT2D eigenvalue weighted by Gasteiger charge is -2.29. The Morgan fingerprint density at radius 3 is 3.20 bits per heavy atom. The molecule has 0 aliphatic carbocycles. The topological polar surface area (TPSA) is 66.0 Å². The van der Waals surface area contributed by atoms with Gasteiger partial charge in [0.15, 0.2) is 5.82 Å². The smallest absolute Gasteiger partial charge is 0.242 e. The van der Waals surface area contributed by atoms with Gasteiger partial charge in [-0.1, -0.05) is 12.0 Å². The molecule has 1 N–H and O–H groups in total. The summed E-state index contributed by atoms with van der Waals surface area (Å²) in [5.74, 6) is 1.55. The maximum Gasteiger partial charge on any atom is 0.242 e. The van der Waals surface area contributed by atoms with Crippen LogP contribution in [0, 0.1) is 0 Å². The van der Waals surface area contributed by atoms with Crippen LogP contribution in [0.4, 0.5) is 0 Å². The van der Waals surface area contributed by atoms with Gasteiger partial charge in [0.25, 0.3) is 0 Å². The van der Waals surface area contributed by atoms with Crippen LogP contribution in [0.3, 0.4) is 0 Å². The van der Waals surface area contributed by atoms with Crippen LogP contribution in [0.25, 0.3) is 0 Å². The Hall–Kier alpha value is -0.875. The predicted molar refractivity (Wildman–Crippen MR) is 56.3 cm³/mol. The largest absolute Gasteiger partial charge is 0.346 e. The lowest BCUT2D eigenvalue weighted by molar-refractivity contribution is 0.307. The minimum absolute atomic E-state index is 0.0728. The average Bonchev–Trinajstić information content (AvgIpc) is 2.78. The molecule has 0 bridgehead atoms. The maximum absolute atomic E-state index is 7.13. The third-order valence-corrected chi connectivity index (χ3v) is 2.82. The van der Waals surface area contributed by atoms with Gasteiger partial charge < -0.3 is 9.33 Å². The maximum atomic E-state index is 7.13. The van der Waals surface area contributed by atoms with E-state index in [0.717, 1.165) is 25.3 Å². The van der Waals surface area contributed by atoms with E-state index in [0.29, 0.717) is 11.8 Å². The number of hydrogen-bond acceptors (Lipinski definition) is 4. The molecule has 0 aromatic carbocycles. The molecule has 1 aliphatic heterocycles. The van der Waals surface area contributed by atoms with Gasteiger partial charge in [-0.05, 0) is 25.9 Å². The monoisotopic (exact) mass is 206 g/mol. The van der Waals surface area contributed by atoms with Crippen molar-refractivity contribution in [3.8, 4) is 0 Å². The molecule has 1 aliphatic rings. The fraction of sp³-hybridized carbons (Fsp3) is 0.778. The van der Waals surface area contributed by atoms with Gasteiger partial charge in [-0.3, -0.25) is 0 Å². The minimum atomic E-state index is 0.0728. The van der Waals surface area contributed by atoms with Crippen molar-refractivity contribution in [3.05, 3.63) is 11.7 Å². The highest BCUT2D eigenvalue weighted by molar-refractivity contribution is 6.29. The van der Waals surface area contributed by atoms with E-state index in [1.807, 2.05) is 6.82 Å². The molecule has 1 aromatic heterocycles. The summed E-state index contributed by atoms with van der Waals surface area (Å²) in [5.41, 5.74) is 7.13. The Balaban J connectivity index is 2.03. The van der Waals surface area contributed by atoms with Crippen LogP contribution in [0.15, 0.2) is 4.52 Å². The second kappa shape index (κ2) is 4.76. The number of nitrogens with one attached hydrogen (secondary N) is 1. The van der Waals surface area contributed by atoms with E-state index in [1.54, 1.807) is 0 Å². The summed E-state index contributed by atoms with van der Waals surface area (Å²) in [6.45, 7) is 4.21. The van der Waals surface area contributed by atoms with E-state index in [1.165, 1.54) is 6.42 Å². The predicted octanol–water partition coefficient (Wildman–Crippen LogP) is 0.699. The first-order valence-electron chi connectivity index (χ1n) is 5.34. The molecule has 0 saturated carbocycles. The van der Waals surface area contributed by atoms with Gasteiger partial charge in [-0.2, -0.15) is 4.98 Å². The Kier molecular flexibility index (Phi) is 3.38. The van der Waals surface area contributed by atoms with Crippen LogP contribution in [0.5, 0.6) is 0 Å². The normalized spacial score (nSPS) is 22.9. The van der Waals surface area contributed by atoms with Crippen LogP contribution in [0.1, 0.15) is 30.5 Å². The van der Waals surface area contributed by atoms with Crippen LogP contribution >= 0.6 is 0 Å². The van der Waals surface area contributed by atoms with Crippen LogP contribution in [0.2, 0.25) is 6.82 Å². The molecule has 2 heterocycles. The molecular weight excluding hydrogens is 191 g/mol. The molecule has 2 rings (SSSR count). The molecule has 2 radical (unpaired) electrons. The van der Waals surface area contributed by atoms with Crippen LogP contribution < -0.4 is 5.73 Å². The van der Waals surface area contributed by atoms with Crippen LogP contribution in [-0.2, 0) is 6.54 Å². The number of nitrogens with zero attached hydrogens (tertiary/aromatic N) is 3. The molecule has 1 unspecified atom stereocenters. The number of rotatable bonds is 3. The SMILES string of the molecule is C[B]N1CCCC(c2noc(C[NH])n2)C1. The van der Waals surface area contributed by atoms with Gasteiger partial charge in [0.05, 0.1) is 6.54 Å². The van der Waals surface area contributed by atoms with Gasteiger partial charge in [0.2, 0.25) is 13.3 Å². The standard InChI is InChI=1S/C9H15BN4O/c1-10-14-4-2-3-7(6-14)9-12-8(5-11)15-13-9/h7,11H,2-6H2,1H3. The van der Waals surface area contributed by atoms with Gasteiger partial charge in [0.1, 0.15) is 0 Å². The number of aromatic nitrogens is 2. The molecule has 0 amide bonds. The zero-order valence-corrected chi connectivity index (χ0v) is 8.94. The Morgan fingerprint density at radius 2 is 2.53 bits per heavy atom. The summed E-state index contributed by atoms with van der Waals surface area (Å²) in [5, 5.41) is 3.93. The summed E-state index contributed by atoms with van der Waals surface area (Å²) < 4.78 is 4.96. The Morgan fingerprint density at radius 1 is 1.67 bits per heavy atom. The third kappa shape index (κ3) is 2.38. The zero-order valence-electron chi connectivity index (χ0n) is 8.94. The lowest BCUT2D eigenvalue weighted by atomic mass is 9.87. The Labute approximate surface area is 90.3 Å². The fourth-order valence-electron chi connectivity index (χ4n) is 1.96. The first kappa shape index (κ1) is 10.6. The highest BCUT2D eigenvalue weighted by Crippen LogP contribution is 2.24. The second-order valence-electron chi connectivity index (χ2n) is 3.82. The van der Waals surface area contributed by atoms with Gasteiger partial charge in [0, 0.05) is 5.92 Å². The average molecular weight is 206 g/mol. The third-order valence-electron chi connectivity index (χ3n) is 2.82. The summed E-state index contributed by atoms with van der Waals surface area (Å²) in [7, 11) is 2.11. The fourth-order valence-corrected chi connectivity index (χ4v) is 1.96. The molecule has 1 aromatic rings. The van der Waals surface area contributed by atoms with E-state index in [2.05, 4.69) is 22.4 Å². The highest BCUT2D eigenvalue weighted by Gasteiger charge is 2.24. The van der Waals surface area contributed by atoms with E-state index in [4.69, 9.17) is 10.3 Å². The first-order chi connectivity index (χ1) is 7.33. The molecule has 0 spiro atoms. The first-order valence-corrected chi connectivity index (χ1v) is 5.34. The summed E-state index contributed by atoms with van der Waals surface area (Å²) in [6.07, 6.45) is 2.28. The van der Waals surface area contributed by atoms with Crippen molar-refractivity contribution in [1.82, 2.24) is 20.7 Å². The summed E-state index contributed by atoms with van der Waals surface area (Å²) in [6, 6.07) is 0. The van der Waals surface area contributed by atoms with Gasteiger partial charge in [-0.15, -0.1) is 0 Å². The summed E-state index contributed by atoms with van der Waals surface area (Å²) in [4.78, 5) is 6.50. The quantitative estimate of drug-likeness (QED) is 0.682. The summed E-state index contributed by atoms with van der Waals surface area (Å²) >= 11 is 0. The molecule has 1 saturated heterocycles. The van der Waals surface area contributed by atoms with Crippen molar-refractivity contribution < 1.29 is 4.52 Å². The van der Waals surface area contributed by atoms with Crippen molar-refractivity contribution in [2.45, 2.75) is 32.1 Å². The molecule has 6 heteroatoms. The van der Waals surface area contributed by atoms with Crippen molar-refractivity contribution in [3.63, 3.8) is 0 Å². The lowest BCUT2D eigenvalue weighted by Crippen LogP contribution is -2.36. The molecular formula is C9H15BN4O. The minimum Gasteiger partial charge on any atom is -0.346 e. The van der Waals surface area contributed by atoms with E-state index in [9.17, 15) is 0 Å². The second-order valence-corrected chi connectivity index (χ2v) is 3.82. The molecule has 15 heavy (non-hydrogen) atoms. The van der Waals surface area contributed by atoms with E-state index < -0.39 is 0 Å². The number of piperidine rings is 1. The number of hydrogen-bond donors (Lipinski definition) is 0.